The molecular formula is C11H17N3O4S. The summed E-state index contributed by atoms with van der Waals surface area (Å²) >= 11 is 1.06. The predicted octanol–water partition coefficient (Wildman–Crippen LogP) is 1.89. The first kappa shape index (κ1) is 15.4. The van der Waals surface area contributed by atoms with E-state index in [9.17, 15) is 9.59 Å². The third-order valence-electron chi connectivity index (χ3n) is 2.07. The molecule has 0 unspecified atom stereocenters. The van der Waals surface area contributed by atoms with Crippen LogP contribution in [0.1, 0.15) is 43.8 Å². The molecule has 8 heteroatoms. The maximum atomic E-state index is 11.7. The largest absolute Gasteiger partial charge is 0.481 e. The highest BCUT2D eigenvalue weighted by atomic mass is 32.1. The average molecular weight is 287 g/mol. The van der Waals surface area contributed by atoms with Crippen molar-refractivity contribution in [2.24, 2.45) is 0 Å². The molecule has 0 bridgehead atoms. The molecule has 0 aromatic carbocycles. The number of aliphatic carboxylic acids is 1. The van der Waals surface area contributed by atoms with Gasteiger partial charge in [0.2, 0.25) is 0 Å². The van der Waals surface area contributed by atoms with E-state index in [4.69, 9.17) is 9.84 Å². The normalized spacial score (nSPS) is 12.8. The van der Waals surface area contributed by atoms with Crippen LogP contribution in [-0.2, 0) is 9.53 Å². The molecule has 1 aromatic heterocycles. The van der Waals surface area contributed by atoms with E-state index in [1.54, 1.807) is 27.7 Å². The number of aryl methyl sites for hydroxylation is 1. The van der Waals surface area contributed by atoms with Crippen LogP contribution in [0.15, 0.2) is 0 Å². The van der Waals surface area contributed by atoms with Gasteiger partial charge in [0.25, 0.3) is 0 Å². The molecule has 0 aliphatic carbocycles. The molecule has 0 saturated heterocycles. The predicted molar refractivity (Wildman–Crippen MR) is 69.0 cm³/mol. The Labute approximate surface area is 115 Å². The van der Waals surface area contributed by atoms with Gasteiger partial charge in [-0.2, -0.15) is 0 Å². The lowest BCUT2D eigenvalue weighted by molar-refractivity contribution is -0.137. The zero-order valence-corrected chi connectivity index (χ0v) is 12.1. The lowest BCUT2D eigenvalue weighted by Gasteiger charge is -2.22. The summed E-state index contributed by atoms with van der Waals surface area (Å²) < 4.78 is 8.85. The molecule has 7 nitrogen and oxygen atoms in total. The van der Waals surface area contributed by atoms with Gasteiger partial charge >= 0.3 is 12.1 Å². The van der Waals surface area contributed by atoms with E-state index in [1.807, 2.05) is 0 Å². The summed E-state index contributed by atoms with van der Waals surface area (Å²) in [5.74, 6) is -1.02. The SMILES string of the molecule is Cc1nnsc1[C@@H](CC(=O)O)NC(=O)OC(C)(C)C. The number of nitrogens with one attached hydrogen (secondary N) is 1. The maximum absolute atomic E-state index is 11.7. The summed E-state index contributed by atoms with van der Waals surface area (Å²) in [6.07, 6.45) is -0.907. The minimum absolute atomic E-state index is 0.246. The van der Waals surface area contributed by atoms with Crippen molar-refractivity contribution in [1.82, 2.24) is 14.9 Å². The molecule has 0 radical (unpaired) electrons. The lowest BCUT2D eigenvalue weighted by Crippen LogP contribution is -2.35. The van der Waals surface area contributed by atoms with E-state index < -0.39 is 23.7 Å². The molecule has 0 spiro atoms. The first-order valence-corrected chi connectivity index (χ1v) is 6.46. The van der Waals surface area contributed by atoms with E-state index in [-0.39, 0.29) is 6.42 Å². The van der Waals surface area contributed by atoms with Gasteiger partial charge in [-0.1, -0.05) is 4.49 Å². The van der Waals surface area contributed by atoms with Crippen molar-refractivity contribution in [2.45, 2.75) is 45.8 Å². The summed E-state index contributed by atoms with van der Waals surface area (Å²) in [5.41, 5.74) is -0.0360. The van der Waals surface area contributed by atoms with Gasteiger partial charge in [-0.3, -0.25) is 4.79 Å². The number of carboxylic acid groups (broad SMARTS) is 1. The third kappa shape index (κ3) is 5.21. The summed E-state index contributed by atoms with van der Waals surface area (Å²) in [6.45, 7) is 6.92. The number of carbonyl (C=O) groups excluding carboxylic acids is 1. The van der Waals surface area contributed by atoms with Gasteiger partial charge in [-0.05, 0) is 39.2 Å². The van der Waals surface area contributed by atoms with Crippen LogP contribution in [0.5, 0.6) is 0 Å². The Morgan fingerprint density at radius 3 is 2.53 bits per heavy atom. The Bertz CT molecular complexity index is 467. The Kier molecular flexibility index (Phi) is 4.82. The first-order chi connectivity index (χ1) is 8.69. The highest BCUT2D eigenvalue weighted by molar-refractivity contribution is 7.05. The van der Waals surface area contributed by atoms with Gasteiger partial charge in [0.1, 0.15) is 5.60 Å². The molecule has 0 aliphatic rings. The Morgan fingerprint density at radius 1 is 1.47 bits per heavy atom. The number of ether oxygens (including phenoxy) is 1. The van der Waals surface area contributed by atoms with E-state index >= 15 is 0 Å². The van der Waals surface area contributed by atoms with Crippen LogP contribution in [0, 0.1) is 6.92 Å². The number of hydrogen-bond acceptors (Lipinski definition) is 6. The lowest BCUT2D eigenvalue weighted by atomic mass is 10.1. The van der Waals surface area contributed by atoms with Gasteiger partial charge < -0.3 is 15.2 Å². The van der Waals surface area contributed by atoms with Crippen molar-refractivity contribution in [3.8, 4) is 0 Å². The number of rotatable bonds is 4. The molecule has 2 N–H and O–H groups in total. The Balaban J connectivity index is 2.79. The van der Waals surface area contributed by atoms with Crippen molar-refractivity contribution in [3.05, 3.63) is 10.6 Å². The third-order valence-corrected chi connectivity index (χ3v) is 3.01. The van der Waals surface area contributed by atoms with Gasteiger partial charge in [0.05, 0.1) is 23.0 Å². The number of amides is 1. The standard InChI is InChI=1S/C11H17N3O4S/c1-6-9(19-14-13-6)7(5-8(15)16)12-10(17)18-11(2,3)4/h7H,5H2,1-4H3,(H,12,17)(H,15,16)/t7-/m1/s1. The molecule has 1 amide bonds. The molecule has 106 valence electrons. The molecule has 19 heavy (non-hydrogen) atoms. The number of hydrogen-bond donors (Lipinski definition) is 2. The smallest absolute Gasteiger partial charge is 0.408 e. The summed E-state index contributed by atoms with van der Waals surface area (Å²) in [6, 6.07) is -0.688. The Hall–Kier alpha value is -1.70. The summed E-state index contributed by atoms with van der Waals surface area (Å²) in [7, 11) is 0. The molecule has 1 rings (SSSR count). The van der Waals surface area contributed by atoms with Gasteiger partial charge in [-0.25, -0.2) is 4.79 Å². The summed E-state index contributed by atoms with van der Waals surface area (Å²) in [4.78, 5) is 23.2. The van der Waals surface area contributed by atoms with Gasteiger partial charge in [0.15, 0.2) is 0 Å². The maximum Gasteiger partial charge on any atom is 0.408 e. The van der Waals surface area contributed by atoms with E-state index in [1.165, 1.54) is 0 Å². The van der Waals surface area contributed by atoms with Crippen LogP contribution in [0.3, 0.4) is 0 Å². The zero-order chi connectivity index (χ0) is 14.6. The van der Waals surface area contributed by atoms with Crippen molar-refractivity contribution >= 4 is 23.6 Å². The first-order valence-electron chi connectivity index (χ1n) is 5.69. The Morgan fingerprint density at radius 2 is 2.11 bits per heavy atom. The highest BCUT2D eigenvalue weighted by Gasteiger charge is 2.25. The van der Waals surface area contributed by atoms with Crippen LogP contribution in [-0.4, -0.2) is 32.4 Å². The topological polar surface area (TPSA) is 101 Å². The number of nitrogens with zero attached hydrogens (tertiary/aromatic N) is 2. The van der Waals surface area contributed by atoms with Gasteiger partial charge in [-0.15, -0.1) is 5.10 Å². The number of carbonyl (C=O) groups is 2. The van der Waals surface area contributed by atoms with Crippen molar-refractivity contribution in [1.29, 1.82) is 0 Å². The number of carboxylic acids is 1. The molecule has 1 atom stereocenters. The fourth-order valence-electron chi connectivity index (χ4n) is 1.39. The van der Waals surface area contributed by atoms with Crippen molar-refractivity contribution < 1.29 is 19.4 Å². The van der Waals surface area contributed by atoms with Crippen LogP contribution in [0.2, 0.25) is 0 Å². The van der Waals surface area contributed by atoms with Crippen LogP contribution < -0.4 is 5.32 Å². The minimum Gasteiger partial charge on any atom is -0.481 e. The monoisotopic (exact) mass is 287 g/mol. The molecule has 0 aliphatic heterocycles. The van der Waals surface area contributed by atoms with Gasteiger partial charge in [0, 0.05) is 0 Å². The second kappa shape index (κ2) is 5.96. The van der Waals surface area contributed by atoms with E-state index in [2.05, 4.69) is 14.9 Å². The van der Waals surface area contributed by atoms with E-state index in [0.29, 0.717) is 10.6 Å². The van der Waals surface area contributed by atoms with Crippen LogP contribution in [0.4, 0.5) is 4.79 Å². The number of aromatic nitrogens is 2. The minimum atomic E-state index is -1.02. The van der Waals surface area contributed by atoms with Crippen molar-refractivity contribution in [2.75, 3.05) is 0 Å². The molecule has 0 fully saturated rings. The second-order valence-electron chi connectivity index (χ2n) is 5.02. The average Bonchev–Trinajstić information content (AvgIpc) is 2.59. The van der Waals surface area contributed by atoms with Crippen LogP contribution in [0.25, 0.3) is 0 Å². The van der Waals surface area contributed by atoms with E-state index in [0.717, 1.165) is 11.5 Å². The molecule has 0 saturated carbocycles. The molecule has 1 heterocycles. The molecular weight excluding hydrogens is 270 g/mol. The summed E-state index contributed by atoms with van der Waals surface area (Å²) in [5, 5.41) is 15.2. The fraction of sp³-hybridized carbons (Fsp3) is 0.636. The quantitative estimate of drug-likeness (QED) is 0.876. The molecule has 1 aromatic rings. The van der Waals surface area contributed by atoms with Crippen molar-refractivity contribution in [3.63, 3.8) is 0 Å². The number of alkyl carbamates (subject to hydrolysis) is 1. The second-order valence-corrected chi connectivity index (χ2v) is 5.80. The van der Waals surface area contributed by atoms with Crippen LogP contribution >= 0.6 is 11.5 Å². The highest BCUT2D eigenvalue weighted by Crippen LogP contribution is 2.23. The zero-order valence-electron chi connectivity index (χ0n) is 11.3. The fourth-order valence-corrected chi connectivity index (χ4v) is 2.08.